The number of amides is 2. The van der Waals surface area contributed by atoms with E-state index >= 15 is 0 Å². The van der Waals surface area contributed by atoms with Gasteiger partial charge in [-0.1, -0.05) is 0 Å². The largest absolute Gasteiger partial charge is 0.508 e. The fourth-order valence-corrected chi connectivity index (χ4v) is 2.25. The Morgan fingerprint density at radius 2 is 2.14 bits per heavy atom. The second kappa shape index (κ2) is 5.04. The monoisotopic (exact) mass is 293 g/mol. The molecular weight excluding hydrogens is 278 g/mol. The normalized spacial score (nSPS) is 17.2. The lowest BCUT2D eigenvalue weighted by atomic mass is 9.97. The number of hydrogen-bond acceptors (Lipinski definition) is 5. The molecule has 1 aromatic rings. The van der Waals surface area contributed by atoms with Gasteiger partial charge in [0.1, 0.15) is 16.9 Å². The maximum Gasteiger partial charge on any atom is 0.282 e. The molecule has 1 saturated heterocycles. The maximum absolute atomic E-state index is 12.6. The van der Waals surface area contributed by atoms with Crippen molar-refractivity contribution >= 4 is 17.5 Å². The van der Waals surface area contributed by atoms with Gasteiger partial charge >= 0.3 is 0 Å². The Morgan fingerprint density at radius 1 is 1.48 bits per heavy atom. The molecule has 0 unspecified atom stereocenters. The smallest absolute Gasteiger partial charge is 0.282 e. The summed E-state index contributed by atoms with van der Waals surface area (Å²) in [5.41, 5.74) is -1.75. The minimum Gasteiger partial charge on any atom is -0.508 e. The molecule has 1 aliphatic heterocycles. The summed E-state index contributed by atoms with van der Waals surface area (Å²) in [7, 11) is 0. The predicted octanol–water partition coefficient (Wildman–Crippen LogP) is 0.651. The SMILES string of the molecule is CC1(C)C(=O)NCCN1C(=O)c1cc(O)ccc1[N+](=O)[O-]. The quantitative estimate of drug-likeness (QED) is 0.614. The predicted molar refractivity (Wildman–Crippen MR) is 72.9 cm³/mol. The van der Waals surface area contributed by atoms with Crippen molar-refractivity contribution in [2.45, 2.75) is 19.4 Å². The van der Waals surface area contributed by atoms with Crippen molar-refractivity contribution in [3.05, 3.63) is 33.9 Å². The van der Waals surface area contributed by atoms with Gasteiger partial charge in [0.15, 0.2) is 0 Å². The third-order valence-corrected chi connectivity index (χ3v) is 3.50. The first-order chi connectivity index (χ1) is 9.75. The van der Waals surface area contributed by atoms with E-state index in [0.717, 1.165) is 18.2 Å². The van der Waals surface area contributed by atoms with Gasteiger partial charge < -0.3 is 15.3 Å². The minimum atomic E-state index is -1.12. The van der Waals surface area contributed by atoms with Crippen LogP contribution in [0.2, 0.25) is 0 Å². The van der Waals surface area contributed by atoms with E-state index in [1.807, 2.05) is 0 Å². The second-order valence-corrected chi connectivity index (χ2v) is 5.23. The molecule has 2 N–H and O–H groups in total. The van der Waals surface area contributed by atoms with E-state index in [1.165, 1.54) is 4.90 Å². The van der Waals surface area contributed by atoms with Crippen LogP contribution in [0.4, 0.5) is 5.69 Å². The van der Waals surface area contributed by atoms with Crippen molar-refractivity contribution in [3.63, 3.8) is 0 Å². The van der Waals surface area contributed by atoms with E-state index in [2.05, 4.69) is 5.32 Å². The molecule has 8 heteroatoms. The highest BCUT2D eigenvalue weighted by Gasteiger charge is 2.42. The van der Waals surface area contributed by atoms with E-state index in [0.29, 0.717) is 0 Å². The number of piperazine rings is 1. The molecule has 1 heterocycles. The van der Waals surface area contributed by atoms with E-state index in [4.69, 9.17) is 0 Å². The third kappa shape index (κ3) is 2.51. The highest BCUT2D eigenvalue weighted by atomic mass is 16.6. The number of hydrogen-bond donors (Lipinski definition) is 2. The fourth-order valence-electron chi connectivity index (χ4n) is 2.25. The molecule has 1 aliphatic rings. The number of carbonyl (C=O) groups is 2. The Hall–Kier alpha value is -2.64. The van der Waals surface area contributed by atoms with Crippen LogP contribution in [-0.2, 0) is 4.79 Å². The van der Waals surface area contributed by atoms with Crippen molar-refractivity contribution in [2.75, 3.05) is 13.1 Å². The van der Waals surface area contributed by atoms with Gasteiger partial charge in [0, 0.05) is 19.2 Å². The number of rotatable bonds is 2. The third-order valence-electron chi connectivity index (χ3n) is 3.50. The zero-order valence-corrected chi connectivity index (χ0v) is 11.6. The molecule has 0 bridgehead atoms. The minimum absolute atomic E-state index is 0.234. The number of phenols is 1. The number of nitro groups is 1. The van der Waals surface area contributed by atoms with Crippen molar-refractivity contribution in [2.24, 2.45) is 0 Å². The van der Waals surface area contributed by atoms with Crippen LogP contribution in [0.5, 0.6) is 5.75 Å². The van der Waals surface area contributed by atoms with Crippen LogP contribution in [0, 0.1) is 10.1 Å². The first-order valence-corrected chi connectivity index (χ1v) is 6.33. The van der Waals surface area contributed by atoms with Crippen LogP contribution < -0.4 is 5.32 Å². The Kier molecular flexibility index (Phi) is 3.54. The molecule has 0 radical (unpaired) electrons. The number of carbonyl (C=O) groups excluding carboxylic acids is 2. The van der Waals surface area contributed by atoms with Gasteiger partial charge in [0.05, 0.1) is 4.92 Å². The summed E-state index contributed by atoms with van der Waals surface area (Å²) >= 11 is 0. The van der Waals surface area contributed by atoms with E-state index < -0.39 is 22.1 Å². The van der Waals surface area contributed by atoms with Crippen LogP contribution in [0.1, 0.15) is 24.2 Å². The number of nitrogens with zero attached hydrogens (tertiary/aromatic N) is 2. The summed E-state index contributed by atoms with van der Waals surface area (Å²) < 4.78 is 0. The highest BCUT2D eigenvalue weighted by molar-refractivity contribution is 6.02. The van der Waals surface area contributed by atoms with Gasteiger partial charge in [0.2, 0.25) is 5.91 Å². The van der Waals surface area contributed by atoms with Crippen molar-refractivity contribution in [3.8, 4) is 5.75 Å². The van der Waals surface area contributed by atoms with Crippen molar-refractivity contribution < 1.29 is 19.6 Å². The molecule has 2 rings (SSSR count). The Bertz CT molecular complexity index is 626. The molecule has 1 aromatic carbocycles. The molecule has 1 fully saturated rings. The van der Waals surface area contributed by atoms with Crippen LogP contribution in [-0.4, -0.2) is 45.4 Å². The summed E-state index contributed by atoms with van der Waals surface area (Å²) in [5.74, 6) is -1.23. The fraction of sp³-hybridized carbons (Fsp3) is 0.385. The van der Waals surface area contributed by atoms with E-state index in [-0.39, 0.29) is 30.3 Å². The number of benzene rings is 1. The maximum atomic E-state index is 12.6. The molecule has 112 valence electrons. The zero-order valence-electron chi connectivity index (χ0n) is 11.6. The number of nitrogens with one attached hydrogen (secondary N) is 1. The second-order valence-electron chi connectivity index (χ2n) is 5.23. The molecule has 0 aliphatic carbocycles. The molecular formula is C13H15N3O5. The number of nitro benzene ring substituents is 1. The molecule has 0 atom stereocenters. The number of phenolic OH excluding ortho intramolecular Hbond substituents is 1. The van der Waals surface area contributed by atoms with Gasteiger partial charge in [-0.2, -0.15) is 0 Å². The molecule has 0 saturated carbocycles. The summed E-state index contributed by atoms with van der Waals surface area (Å²) in [6.45, 7) is 3.65. The average molecular weight is 293 g/mol. The van der Waals surface area contributed by atoms with Gasteiger partial charge in [-0.25, -0.2) is 0 Å². The van der Waals surface area contributed by atoms with Gasteiger partial charge in [-0.3, -0.25) is 19.7 Å². The topological polar surface area (TPSA) is 113 Å². The Morgan fingerprint density at radius 3 is 2.76 bits per heavy atom. The summed E-state index contributed by atoms with van der Waals surface area (Å²) in [6.07, 6.45) is 0. The lowest BCUT2D eigenvalue weighted by molar-refractivity contribution is -0.385. The molecule has 0 aromatic heterocycles. The average Bonchev–Trinajstić information content (AvgIpc) is 2.40. The van der Waals surface area contributed by atoms with Crippen LogP contribution in [0.3, 0.4) is 0 Å². The van der Waals surface area contributed by atoms with Gasteiger partial charge in [-0.05, 0) is 26.0 Å². The standard InChI is InChI=1S/C13H15N3O5/c1-13(2)12(19)14-5-6-15(13)11(18)9-7-8(17)3-4-10(9)16(20)21/h3-4,7,17H,5-6H2,1-2H3,(H,14,19). The summed E-state index contributed by atoms with van der Waals surface area (Å²) in [5, 5.41) is 23.1. The lowest BCUT2D eigenvalue weighted by Crippen LogP contribution is -2.63. The zero-order chi connectivity index (χ0) is 15.8. The molecule has 2 amide bonds. The highest BCUT2D eigenvalue weighted by Crippen LogP contribution is 2.28. The Balaban J connectivity index is 2.47. The molecule has 8 nitrogen and oxygen atoms in total. The van der Waals surface area contributed by atoms with Gasteiger partial charge in [-0.15, -0.1) is 0 Å². The van der Waals surface area contributed by atoms with Crippen molar-refractivity contribution in [1.29, 1.82) is 0 Å². The van der Waals surface area contributed by atoms with Crippen LogP contribution in [0.25, 0.3) is 0 Å². The van der Waals surface area contributed by atoms with Crippen molar-refractivity contribution in [1.82, 2.24) is 10.2 Å². The summed E-state index contributed by atoms with van der Waals surface area (Å²) in [6, 6.07) is 3.26. The van der Waals surface area contributed by atoms with E-state index in [9.17, 15) is 24.8 Å². The summed E-state index contributed by atoms with van der Waals surface area (Å²) in [4.78, 5) is 36.0. The van der Waals surface area contributed by atoms with Crippen LogP contribution >= 0.6 is 0 Å². The first-order valence-electron chi connectivity index (χ1n) is 6.33. The first kappa shape index (κ1) is 14.8. The van der Waals surface area contributed by atoms with Crippen LogP contribution in [0.15, 0.2) is 18.2 Å². The molecule has 21 heavy (non-hydrogen) atoms. The number of aromatic hydroxyl groups is 1. The lowest BCUT2D eigenvalue weighted by Gasteiger charge is -2.41. The van der Waals surface area contributed by atoms with Gasteiger partial charge in [0.25, 0.3) is 11.6 Å². The van der Waals surface area contributed by atoms with E-state index in [1.54, 1.807) is 13.8 Å². The Labute approximate surface area is 120 Å². The molecule has 0 spiro atoms.